The van der Waals surface area contributed by atoms with Gasteiger partial charge in [-0.05, 0) is 62.2 Å². The monoisotopic (exact) mass is 601 g/mol. The first-order chi connectivity index (χ1) is 18.8. The molecule has 0 radical (unpaired) electrons. The Morgan fingerprint density at radius 1 is 0.925 bits per heavy atom. The summed E-state index contributed by atoms with van der Waals surface area (Å²) >= 11 is 12.4. The summed E-state index contributed by atoms with van der Waals surface area (Å²) < 4.78 is 37.0. The molecule has 40 heavy (non-hydrogen) atoms. The van der Waals surface area contributed by atoms with E-state index in [4.69, 9.17) is 27.9 Å². The molecule has 0 spiro atoms. The Hall–Kier alpha value is -3.86. The van der Waals surface area contributed by atoms with Crippen molar-refractivity contribution in [2.45, 2.75) is 25.7 Å². The van der Waals surface area contributed by atoms with Gasteiger partial charge in [0.2, 0.25) is 0 Å². The molecule has 0 bridgehead atoms. The summed E-state index contributed by atoms with van der Waals surface area (Å²) in [6, 6.07) is 15.8. The molecule has 0 aliphatic carbocycles. The summed E-state index contributed by atoms with van der Waals surface area (Å²) in [7, 11) is -2.86. The lowest BCUT2D eigenvalue weighted by atomic mass is 10.0. The average molecular weight is 602 g/mol. The molecule has 1 N–H and O–H groups in total. The van der Waals surface area contributed by atoms with Gasteiger partial charge < -0.3 is 4.74 Å². The number of hydrogen-bond donors (Lipinski definition) is 1. The zero-order valence-electron chi connectivity index (χ0n) is 22.0. The maximum Gasteiger partial charge on any atom is 0.340 e. The largest absolute Gasteiger partial charge is 0.454 e. The molecular formula is C28H25Cl2N3O6S. The van der Waals surface area contributed by atoms with Gasteiger partial charge in [-0.25, -0.2) is 17.9 Å². The van der Waals surface area contributed by atoms with E-state index in [-0.39, 0.29) is 21.3 Å². The number of nitrogens with zero attached hydrogens (tertiary/aromatic N) is 2. The van der Waals surface area contributed by atoms with Crippen LogP contribution in [0, 0.1) is 20.8 Å². The number of anilines is 1. The minimum atomic E-state index is -4.47. The van der Waals surface area contributed by atoms with Crippen LogP contribution in [0.15, 0.2) is 70.4 Å². The molecular weight excluding hydrogens is 577 g/mol. The van der Waals surface area contributed by atoms with Crippen LogP contribution < -0.4 is 10.3 Å². The molecule has 0 atom stereocenters. The van der Waals surface area contributed by atoms with Crippen LogP contribution >= 0.6 is 23.2 Å². The number of sulfonamides is 1. The Bertz CT molecular complexity index is 1810. The standard InChI is InChI=1S/C28H25Cl2N3O6S/c1-16-10-11-19(12-17(16)2)24(34)15-39-28(36)21-13-25(23(30)14-22(21)29)40(37,38)31-26-18(3)32(4)33(27(26)35)20-8-6-5-7-9-20/h5-14,31H,15H2,1-4H3. The number of carbonyl (C=O) groups excluding carboxylic acids is 2. The second-order valence-corrected chi connectivity index (χ2v) is 11.6. The van der Waals surface area contributed by atoms with Crippen LogP contribution in [0.3, 0.4) is 0 Å². The summed E-state index contributed by atoms with van der Waals surface area (Å²) in [5.41, 5.74) is 2.04. The van der Waals surface area contributed by atoms with Crippen molar-refractivity contribution in [2.24, 2.45) is 7.05 Å². The third-order valence-electron chi connectivity index (χ3n) is 6.48. The van der Waals surface area contributed by atoms with Crippen LogP contribution in [0.25, 0.3) is 5.69 Å². The van der Waals surface area contributed by atoms with Gasteiger partial charge in [0, 0.05) is 12.6 Å². The molecule has 3 aromatic carbocycles. The SMILES string of the molecule is Cc1ccc(C(=O)COC(=O)c2cc(S(=O)(=O)Nc3c(C)n(C)n(-c4ccccc4)c3=O)c(Cl)cc2Cl)cc1C. The highest BCUT2D eigenvalue weighted by molar-refractivity contribution is 7.92. The van der Waals surface area contributed by atoms with Gasteiger partial charge in [-0.2, -0.15) is 0 Å². The van der Waals surface area contributed by atoms with E-state index < -0.39 is 38.8 Å². The predicted molar refractivity (Wildman–Crippen MR) is 154 cm³/mol. The molecule has 0 fully saturated rings. The number of aryl methyl sites for hydroxylation is 2. The third-order valence-corrected chi connectivity index (χ3v) is 8.61. The van der Waals surface area contributed by atoms with Crippen molar-refractivity contribution < 1.29 is 22.7 Å². The maximum atomic E-state index is 13.4. The normalized spacial score (nSPS) is 11.3. The fourth-order valence-corrected chi connectivity index (χ4v) is 5.94. The smallest absolute Gasteiger partial charge is 0.340 e. The van der Waals surface area contributed by atoms with Gasteiger partial charge in [0.05, 0.1) is 27.0 Å². The number of rotatable bonds is 8. The summed E-state index contributed by atoms with van der Waals surface area (Å²) in [5.74, 6) is -1.46. The first kappa shape index (κ1) is 29.1. The van der Waals surface area contributed by atoms with Crippen molar-refractivity contribution in [1.29, 1.82) is 0 Å². The van der Waals surface area contributed by atoms with Gasteiger partial charge in [-0.3, -0.25) is 19.0 Å². The van der Waals surface area contributed by atoms with Crippen LogP contribution in [0.5, 0.6) is 0 Å². The minimum Gasteiger partial charge on any atom is -0.454 e. The Labute approximate surface area is 240 Å². The number of para-hydroxylation sites is 1. The number of aromatic nitrogens is 2. The molecule has 0 aliphatic rings. The fraction of sp³-hybridized carbons (Fsp3) is 0.179. The lowest BCUT2D eigenvalue weighted by Crippen LogP contribution is -2.23. The third kappa shape index (κ3) is 5.70. The summed E-state index contributed by atoms with van der Waals surface area (Å²) in [6.07, 6.45) is 0. The highest BCUT2D eigenvalue weighted by Crippen LogP contribution is 2.31. The second kappa shape index (κ2) is 11.3. The van der Waals surface area contributed by atoms with E-state index in [1.165, 1.54) is 9.36 Å². The van der Waals surface area contributed by atoms with Crippen LogP contribution in [0.2, 0.25) is 10.0 Å². The number of hydrogen-bond acceptors (Lipinski definition) is 6. The highest BCUT2D eigenvalue weighted by Gasteiger charge is 2.27. The first-order valence-electron chi connectivity index (χ1n) is 11.9. The predicted octanol–water partition coefficient (Wildman–Crippen LogP) is 5.25. The molecule has 0 unspecified atom stereocenters. The van der Waals surface area contributed by atoms with Gasteiger partial charge in [-0.1, -0.05) is 53.5 Å². The molecule has 1 heterocycles. The molecule has 4 aromatic rings. The summed E-state index contributed by atoms with van der Waals surface area (Å²) in [5, 5.41) is -0.452. The zero-order valence-corrected chi connectivity index (χ0v) is 24.3. The number of ether oxygens (including phenoxy) is 1. The van der Waals surface area contributed by atoms with Gasteiger partial charge >= 0.3 is 5.97 Å². The van der Waals surface area contributed by atoms with E-state index in [0.717, 1.165) is 23.3 Å². The number of benzene rings is 3. The molecule has 0 amide bonds. The van der Waals surface area contributed by atoms with Crippen molar-refractivity contribution in [3.8, 4) is 5.69 Å². The molecule has 208 valence electrons. The van der Waals surface area contributed by atoms with Crippen LogP contribution in [-0.2, 0) is 21.8 Å². The van der Waals surface area contributed by atoms with Crippen molar-refractivity contribution in [3.63, 3.8) is 0 Å². The zero-order chi connectivity index (χ0) is 29.4. The number of halogens is 2. The van der Waals surface area contributed by atoms with Gasteiger partial charge in [0.25, 0.3) is 15.6 Å². The van der Waals surface area contributed by atoms with E-state index in [0.29, 0.717) is 16.9 Å². The van der Waals surface area contributed by atoms with Crippen LogP contribution in [-0.4, -0.2) is 36.1 Å². The maximum absolute atomic E-state index is 13.4. The topological polar surface area (TPSA) is 116 Å². The quantitative estimate of drug-likeness (QED) is 0.218. The van der Waals surface area contributed by atoms with E-state index >= 15 is 0 Å². The molecule has 9 nitrogen and oxygen atoms in total. The van der Waals surface area contributed by atoms with Crippen molar-refractivity contribution in [1.82, 2.24) is 9.36 Å². The molecule has 0 saturated heterocycles. The Kier molecular flexibility index (Phi) is 8.25. The number of carbonyl (C=O) groups is 2. The van der Waals surface area contributed by atoms with Crippen LogP contribution in [0.4, 0.5) is 5.69 Å². The van der Waals surface area contributed by atoms with Crippen molar-refractivity contribution in [3.05, 3.63) is 109 Å². The van der Waals surface area contributed by atoms with E-state index in [1.807, 2.05) is 13.8 Å². The number of nitrogens with one attached hydrogen (secondary N) is 1. The fourth-order valence-electron chi connectivity index (χ4n) is 3.97. The van der Waals surface area contributed by atoms with E-state index in [1.54, 1.807) is 62.5 Å². The Balaban J connectivity index is 1.61. The Morgan fingerprint density at radius 3 is 2.25 bits per heavy atom. The number of esters is 1. The summed E-state index contributed by atoms with van der Waals surface area (Å²) in [4.78, 5) is 38.0. The molecule has 1 aromatic heterocycles. The lowest BCUT2D eigenvalue weighted by molar-refractivity contribution is 0.0474. The van der Waals surface area contributed by atoms with E-state index in [2.05, 4.69) is 4.72 Å². The van der Waals surface area contributed by atoms with Gasteiger partial charge in [0.15, 0.2) is 12.4 Å². The van der Waals surface area contributed by atoms with E-state index in [9.17, 15) is 22.8 Å². The minimum absolute atomic E-state index is 0.171. The second-order valence-electron chi connectivity index (χ2n) is 9.10. The van der Waals surface area contributed by atoms with Crippen molar-refractivity contribution in [2.75, 3.05) is 11.3 Å². The molecule has 12 heteroatoms. The van der Waals surface area contributed by atoms with Gasteiger partial charge in [-0.15, -0.1) is 0 Å². The highest BCUT2D eigenvalue weighted by atomic mass is 35.5. The van der Waals surface area contributed by atoms with Gasteiger partial charge in [0.1, 0.15) is 10.6 Å². The van der Waals surface area contributed by atoms with Crippen LogP contribution in [0.1, 0.15) is 37.5 Å². The first-order valence-corrected chi connectivity index (χ1v) is 14.2. The molecule has 0 saturated carbocycles. The number of Topliss-reactive ketones (excluding diaryl/α,β-unsaturated/α-hetero) is 1. The lowest BCUT2D eigenvalue weighted by Gasteiger charge is -2.12. The molecule has 4 rings (SSSR count). The Morgan fingerprint density at radius 2 is 1.60 bits per heavy atom. The summed E-state index contributed by atoms with van der Waals surface area (Å²) in [6.45, 7) is 4.76. The molecule has 0 aliphatic heterocycles. The van der Waals surface area contributed by atoms with Crippen molar-refractivity contribution >= 4 is 50.7 Å². The number of ketones is 1. The average Bonchev–Trinajstić information content (AvgIpc) is 3.11.